The molecule has 1 aromatic carbocycles. The molecule has 26 heavy (non-hydrogen) atoms. The topological polar surface area (TPSA) is 76.3 Å². The van der Waals surface area contributed by atoms with Crippen LogP contribution in [0.4, 0.5) is 11.4 Å². The minimum atomic E-state index is -0.177. The van der Waals surface area contributed by atoms with Crippen LogP contribution < -0.4 is 5.32 Å². The van der Waals surface area contributed by atoms with Crippen molar-refractivity contribution in [3.8, 4) is 0 Å². The highest BCUT2D eigenvalue weighted by Gasteiger charge is 2.22. The third-order valence-corrected chi connectivity index (χ3v) is 6.05. The van der Waals surface area contributed by atoms with Crippen molar-refractivity contribution in [1.29, 1.82) is 0 Å². The Bertz CT molecular complexity index is 969. The third kappa shape index (κ3) is 3.14. The normalized spacial score (nSPS) is 15.3. The Kier molecular flexibility index (Phi) is 4.55. The van der Waals surface area contributed by atoms with Crippen LogP contribution in [0.15, 0.2) is 35.5 Å². The minimum Gasteiger partial charge on any atom is -0.321 e. The van der Waals surface area contributed by atoms with Gasteiger partial charge in [0.2, 0.25) is 0 Å². The molecule has 4 rings (SSSR count). The standard InChI is InChI=1S/C19H20N4O2S/c1-12-16-11-17(18(24)20-13-6-5-7-14(10-13)22-25)26-19(16)23(21-12)15-8-3-2-4-9-15/h5-7,10-11,15H,2-4,8-9H2,1H3,(H,20,24). The van der Waals surface area contributed by atoms with E-state index in [1.807, 2.05) is 13.0 Å². The molecule has 0 radical (unpaired) electrons. The van der Waals surface area contributed by atoms with Crippen LogP contribution in [0.1, 0.15) is 53.5 Å². The number of benzene rings is 1. The Labute approximate surface area is 155 Å². The van der Waals surface area contributed by atoms with Crippen LogP contribution in [0.2, 0.25) is 0 Å². The number of anilines is 1. The quantitative estimate of drug-likeness (QED) is 0.612. The van der Waals surface area contributed by atoms with Crippen LogP contribution in [0.25, 0.3) is 10.2 Å². The fraction of sp³-hybridized carbons (Fsp3) is 0.368. The number of carbonyl (C=O) groups excluding carboxylic acids is 1. The molecule has 0 unspecified atom stereocenters. The molecule has 2 aromatic heterocycles. The molecule has 7 heteroatoms. The van der Waals surface area contributed by atoms with Crippen LogP contribution >= 0.6 is 11.3 Å². The molecule has 1 N–H and O–H groups in total. The highest BCUT2D eigenvalue weighted by molar-refractivity contribution is 7.20. The molecular weight excluding hydrogens is 348 g/mol. The van der Waals surface area contributed by atoms with Gasteiger partial charge in [0.15, 0.2) is 0 Å². The number of nitroso groups, excluding NO2 is 1. The molecular formula is C19H20N4O2S. The molecule has 1 aliphatic carbocycles. The third-order valence-electron chi connectivity index (χ3n) is 4.92. The predicted molar refractivity (Wildman–Crippen MR) is 104 cm³/mol. The largest absolute Gasteiger partial charge is 0.321 e. The van der Waals surface area contributed by atoms with E-state index in [-0.39, 0.29) is 5.91 Å². The summed E-state index contributed by atoms with van der Waals surface area (Å²) in [5, 5.41) is 11.5. The number of carbonyl (C=O) groups is 1. The maximum Gasteiger partial charge on any atom is 0.265 e. The van der Waals surface area contributed by atoms with E-state index in [1.165, 1.54) is 30.6 Å². The lowest BCUT2D eigenvalue weighted by atomic mass is 9.96. The lowest BCUT2D eigenvalue weighted by molar-refractivity contribution is 0.103. The Morgan fingerprint density at radius 1 is 1.27 bits per heavy atom. The fourth-order valence-corrected chi connectivity index (χ4v) is 4.72. The van der Waals surface area contributed by atoms with E-state index >= 15 is 0 Å². The van der Waals surface area contributed by atoms with Crippen molar-refractivity contribution in [2.24, 2.45) is 5.18 Å². The zero-order valence-electron chi connectivity index (χ0n) is 14.6. The summed E-state index contributed by atoms with van der Waals surface area (Å²) in [5.74, 6) is -0.177. The number of hydrogen-bond acceptors (Lipinski definition) is 5. The summed E-state index contributed by atoms with van der Waals surface area (Å²) < 4.78 is 2.13. The van der Waals surface area contributed by atoms with Gasteiger partial charge < -0.3 is 5.32 Å². The minimum absolute atomic E-state index is 0.177. The molecule has 1 saturated carbocycles. The van der Waals surface area contributed by atoms with E-state index in [4.69, 9.17) is 5.10 Å². The molecule has 1 fully saturated rings. The highest BCUT2D eigenvalue weighted by atomic mass is 32.1. The molecule has 0 aliphatic heterocycles. The van der Waals surface area contributed by atoms with Crippen LogP contribution in [0.3, 0.4) is 0 Å². The number of fused-ring (bicyclic) bond motifs is 1. The van der Waals surface area contributed by atoms with Gasteiger partial charge in [-0.05, 0) is 49.2 Å². The number of hydrogen-bond donors (Lipinski definition) is 1. The number of nitrogens with zero attached hydrogens (tertiary/aromatic N) is 3. The number of nitrogens with one attached hydrogen (secondary N) is 1. The molecule has 3 aromatic rings. The number of amides is 1. The molecule has 0 spiro atoms. The first kappa shape index (κ1) is 16.9. The molecule has 0 bridgehead atoms. The summed E-state index contributed by atoms with van der Waals surface area (Å²) in [4.78, 5) is 25.0. The molecule has 1 amide bonds. The summed E-state index contributed by atoms with van der Waals surface area (Å²) in [6, 6.07) is 8.96. The van der Waals surface area contributed by atoms with Crippen LogP contribution in [-0.4, -0.2) is 15.7 Å². The van der Waals surface area contributed by atoms with E-state index in [0.29, 0.717) is 22.3 Å². The zero-order valence-corrected chi connectivity index (χ0v) is 15.4. The first-order chi connectivity index (χ1) is 12.7. The molecule has 6 nitrogen and oxygen atoms in total. The lowest BCUT2D eigenvalue weighted by Gasteiger charge is -2.22. The van der Waals surface area contributed by atoms with Crippen molar-refractivity contribution >= 4 is 38.8 Å². The molecule has 1 aliphatic rings. The first-order valence-electron chi connectivity index (χ1n) is 8.89. The summed E-state index contributed by atoms with van der Waals surface area (Å²) in [6.45, 7) is 2.00. The highest BCUT2D eigenvalue weighted by Crippen LogP contribution is 2.35. The maximum atomic E-state index is 12.6. The average molecular weight is 368 g/mol. The van der Waals surface area contributed by atoms with Gasteiger partial charge in [-0.3, -0.25) is 9.48 Å². The second-order valence-electron chi connectivity index (χ2n) is 6.75. The van der Waals surface area contributed by atoms with E-state index in [2.05, 4.69) is 15.2 Å². The van der Waals surface area contributed by atoms with E-state index in [1.54, 1.807) is 24.3 Å². The van der Waals surface area contributed by atoms with Crippen molar-refractivity contribution in [2.75, 3.05) is 5.32 Å². The Balaban J connectivity index is 1.62. The van der Waals surface area contributed by atoms with E-state index in [0.717, 1.165) is 28.8 Å². The summed E-state index contributed by atoms with van der Waals surface area (Å²) in [5.41, 5.74) is 1.83. The number of thiophene rings is 1. The number of aryl methyl sites for hydroxylation is 1. The summed E-state index contributed by atoms with van der Waals surface area (Å²) >= 11 is 1.48. The van der Waals surface area contributed by atoms with Crippen molar-refractivity contribution in [2.45, 2.75) is 45.1 Å². The number of rotatable bonds is 4. The smallest absolute Gasteiger partial charge is 0.265 e. The van der Waals surface area contributed by atoms with Crippen molar-refractivity contribution in [1.82, 2.24) is 9.78 Å². The SMILES string of the molecule is Cc1nn(C2CCCCC2)c2sc(C(=O)Nc3cccc(N=O)c3)cc12. The Morgan fingerprint density at radius 2 is 2.08 bits per heavy atom. The van der Waals surface area contributed by atoms with Gasteiger partial charge in [-0.2, -0.15) is 5.10 Å². The van der Waals surface area contributed by atoms with Gasteiger partial charge in [0.1, 0.15) is 10.5 Å². The van der Waals surface area contributed by atoms with Gasteiger partial charge in [-0.15, -0.1) is 16.2 Å². The van der Waals surface area contributed by atoms with Gasteiger partial charge >= 0.3 is 0 Å². The van der Waals surface area contributed by atoms with Crippen LogP contribution in [0, 0.1) is 11.8 Å². The Morgan fingerprint density at radius 3 is 2.85 bits per heavy atom. The van der Waals surface area contributed by atoms with Crippen LogP contribution in [-0.2, 0) is 0 Å². The van der Waals surface area contributed by atoms with Gasteiger partial charge in [0.05, 0.1) is 16.6 Å². The predicted octanol–water partition coefficient (Wildman–Crippen LogP) is 5.56. The summed E-state index contributed by atoms with van der Waals surface area (Å²) in [7, 11) is 0. The van der Waals surface area contributed by atoms with Crippen LogP contribution in [0.5, 0.6) is 0 Å². The monoisotopic (exact) mass is 368 g/mol. The van der Waals surface area contributed by atoms with Crippen molar-refractivity contribution in [3.05, 3.63) is 45.8 Å². The van der Waals surface area contributed by atoms with Crippen molar-refractivity contribution in [3.63, 3.8) is 0 Å². The van der Waals surface area contributed by atoms with E-state index in [9.17, 15) is 9.70 Å². The molecule has 134 valence electrons. The van der Waals surface area contributed by atoms with Gasteiger partial charge in [0, 0.05) is 11.1 Å². The van der Waals surface area contributed by atoms with E-state index < -0.39 is 0 Å². The molecule has 2 heterocycles. The lowest BCUT2D eigenvalue weighted by Crippen LogP contribution is -2.14. The second-order valence-corrected chi connectivity index (χ2v) is 7.78. The van der Waals surface area contributed by atoms with Gasteiger partial charge in [-0.1, -0.05) is 25.3 Å². The zero-order chi connectivity index (χ0) is 18.1. The average Bonchev–Trinajstić information content (AvgIpc) is 3.23. The molecule has 0 atom stereocenters. The maximum absolute atomic E-state index is 12.6. The molecule has 0 saturated heterocycles. The van der Waals surface area contributed by atoms with Gasteiger partial charge in [-0.25, -0.2) is 0 Å². The van der Waals surface area contributed by atoms with Gasteiger partial charge in [0.25, 0.3) is 5.91 Å². The second kappa shape index (κ2) is 6.99. The first-order valence-corrected chi connectivity index (χ1v) is 9.71. The Hall–Kier alpha value is -2.54. The van der Waals surface area contributed by atoms with Crippen molar-refractivity contribution < 1.29 is 4.79 Å². The number of aromatic nitrogens is 2. The summed E-state index contributed by atoms with van der Waals surface area (Å²) in [6.07, 6.45) is 6.09. The fourth-order valence-electron chi connectivity index (χ4n) is 3.59.